The minimum Gasteiger partial charge on any atom is -0.495 e. The maximum absolute atomic E-state index is 12.5. The van der Waals surface area contributed by atoms with Crippen molar-refractivity contribution in [2.24, 2.45) is 0 Å². The van der Waals surface area contributed by atoms with E-state index in [4.69, 9.17) is 5.11 Å². The molecule has 0 fully saturated rings. The minimum absolute atomic E-state index is 0.136. The maximum Gasteiger partial charge on any atom is 0.268 e. The van der Waals surface area contributed by atoms with E-state index in [2.05, 4.69) is 9.72 Å². The van der Waals surface area contributed by atoms with Crippen LogP contribution in [0.4, 0.5) is 8.78 Å². The van der Waals surface area contributed by atoms with Crippen molar-refractivity contribution in [3.05, 3.63) is 27.7 Å². The molecule has 0 saturated carbocycles. The molecular formula is C8H9F2NO3. The lowest BCUT2D eigenvalue weighted by molar-refractivity contribution is 0.142. The fourth-order valence-corrected chi connectivity index (χ4v) is 1.13. The van der Waals surface area contributed by atoms with E-state index in [1.165, 1.54) is 7.11 Å². The van der Waals surface area contributed by atoms with Gasteiger partial charge in [0, 0.05) is 6.20 Å². The lowest BCUT2D eigenvalue weighted by Crippen LogP contribution is -2.16. The zero-order valence-corrected chi connectivity index (χ0v) is 7.38. The molecule has 0 aliphatic carbocycles. The van der Waals surface area contributed by atoms with Gasteiger partial charge in [-0.15, -0.1) is 0 Å². The summed E-state index contributed by atoms with van der Waals surface area (Å²) in [6, 6.07) is 0. The Morgan fingerprint density at radius 2 is 2.29 bits per heavy atom. The number of aliphatic hydroxyl groups is 1. The second-order valence-electron chi connectivity index (χ2n) is 2.54. The molecule has 1 aromatic heterocycles. The Morgan fingerprint density at radius 3 is 2.71 bits per heavy atom. The van der Waals surface area contributed by atoms with Gasteiger partial charge >= 0.3 is 0 Å². The highest BCUT2D eigenvalue weighted by Gasteiger charge is 2.20. The number of nitrogens with one attached hydrogen (secondary N) is 1. The predicted molar refractivity (Wildman–Crippen MR) is 44.5 cm³/mol. The quantitative estimate of drug-likeness (QED) is 0.767. The molecule has 4 nitrogen and oxygen atoms in total. The van der Waals surface area contributed by atoms with Gasteiger partial charge in [-0.2, -0.15) is 0 Å². The zero-order chi connectivity index (χ0) is 10.7. The first-order valence-electron chi connectivity index (χ1n) is 3.79. The summed E-state index contributed by atoms with van der Waals surface area (Å²) in [4.78, 5) is 13.2. The van der Waals surface area contributed by atoms with E-state index < -0.39 is 24.2 Å². The average molecular weight is 205 g/mol. The standard InChI is InChI=1S/C8H9F2NO3/c1-14-5-2-11-8(13)4(3-12)6(5)7(9)10/h2,7,12H,3H2,1H3,(H,11,13). The fourth-order valence-electron chi connectivity index (χ4n) is 1.13. The van der Waals surface area contributed by atoms with Crippen molar-refractivity contribution in [3.8, 4) is 5.75 Å². The number of hydrogen-bond acceptors (Lipinski definition) is 3. The SMILES string of the molecule is COc1c[nH]c(=O)c(CO)c1C(F)F. The second-order valence-corrected chi connectivity index (χ2v) is 2.54. The van der Waals surface area contributed by atoms with E-state index >= 15 is 0 Å². The average Bonchev–Trinajstić information content (AvgIpc) is 2.17. The summed E-state index contributed by atoms with van der Waals surface area (Å²) in [5.41, 5.74) is -1.65. The second kappa shape index (κ2) is 4.19. The number of pyridine rings is 1. The third-order valence-electron chi connectivity index (χ3n) is 1.80. The molecule has 0 bridgehead atoms. The lowest BCUT2D eigenvalue weighted by atomic mass is 10.1. The molecule has 1 rings (SSSR count). The van der Waals surface area contributed by atoms with Gasteiger partial charge in [-0.25, -0.2) is 8.78 Å². The molecule has 2 N–H and O–H groups in total. The number of methoxy groups -OCH3 is 1. The van der Waals surface area contributed by atoms with E-state index in [-0.39, 0.29) is 11.3 Å². The number of halogens is 2. The topological polar surface area (TPSA) is 62.3 Å². The van der Waals surface area contributed by atoms with Crippen molar-refractivity contribution >= 4 is 0 Å². The van der Waals surface area contributed by atoms with Crippen LogP contribution in [0.15, 0.2) is 11.0 Å². The van der Waals surface area contributed by atoms with Crippen molar-refractivity contribution in [2.45, 2.75) is 13.0 Å². The van der Waals surface area contributed by atoms with E-state index in [0.717, 1.165) is 6.20 Å². The number of hydrogen-bond donors (Lipinski definition) is 2. The van der Waals surface area contributed by atoms with Crippen LogP contribution >= 0.6 is 0 Å². The molecule has 1 aromatic rings. The summed E-state index contributed by atoms with van der Waals surface area (Å²) in [6.45, 7) is -0.744. The molecule has 0 aliphatic rings. The summed E-state index contributed by atoms with van der Waals surface area (Å²) in [7, 11) is 1.21. The van der Waals surface area contributed by atoms with Gasteiger partial charge in [0.25, 0.3) is 12.0 Å². The van der Waals surface area contributed by atoms with Crippen LogP contribution in [-0.2, 0) is 6.61 Å². The Morgan fingerprint density at radius 1 is 1.64 bits per heavy atom. The smallest absolute Gasteiger partial charge is 0.268 e. The van der Waals surface area contributed by atoms with Gasteiger partial charge in [-0.3, -0.25) is 4.79 Å². The van der Waals surface area contributed by atoms with Crippen molar-refractivity contribution in [1.29, 1.82) is 0 Å². The van der Waals surface area contributed by atoms with Gasteiger partial charge in [-0.05, 0) is 0 Å². The predicted octanol–water partition coefficient (Wildman–Crippen LogP) is 0.813. The third kappa shape index (κ3) is 1.74. The summed E-state index contributed by atoms with van der Waals surface area (Å²) in [5.74, 6) is -0.136. The fraction of sp³-hybridized carbons (Fsp3) is 0.375. The Labute approximate surface area is 78.1 Å². The third-order valence-corrected chi connectivity index (χ3v) is 1.80. The largest absolute Gasteiger partial charge is 0.495 e. The van der Waals surface area contributed by atoms with Gasteiger partial charge in [0.15, 0.2) is 0 Å². The highest BCUT2D eigenvalue weighted by molar-refractivity contribution is 5.37. The molecule has 0 atom stereocenters. The number of rotatable bonds is 3. The summed E-state index contributed by atoms with van der Waals surface area (Å²) < 4.78 is 29.6. The Kier molecular flexibility index (Phi) is 3.19. The van der Waals surface area contributed by atoms with Crippen molar-refractivity contribution < 1.29 is 18.6 Å². The van der Waals surface area contributed by atoms with Gasteiger partial charge < -0.3 is 14.8 Å². The van der Waals surface area contributed by atoms with E-state index in [1.54, 1.807) is 0 Å². The molecule has 0 amide bonds. The summed E-state index contributed by atoms with van der Waals surface area (Å²) in [6.07, 6.45) is -1.81. The molecule has 6 heteroatoms. The van der Waals surface area contributed by atoms with Crippen LogP contribution in [0.1, 0.15) is 17.6 Å². The minimum atomic E-state index is -2.85. The Hall–Kier alpha value is -1.43. The first-order valence-corrected chi connectivity index (χ1v) is 3.79. The van der Waals surface area contributed by atoms with Crippen LogP contribution in [0.25, 0.3) is 0 Å². The van der Waals surface area contributed by atoms with Crippen LogP contribution in [0.3, 0.4) is 0 Å². The molecule has 0 aromatic carbocycles. The monoisotopic (exact) mass is 205 g/mol. The van der Waals surface area contributed by atoms with Gasteiger partial charge in [0.05, 0.1) is 24.8 Å². The first-order chi connectivity index (χ1) is 6.61. The molecule has 0 saturated heterocycles. The summed E-state index contributed by atoms with van der Waals surface area (Å²) >= 11 is 0. The highest BCUT2D eigenvalue weighted by atomic mass is 19.3. The molecule has 14 heavy (non-hydrogen) atoms. The van der Waals surface area contributed by atoms with Crippen LogP contribution in [-0.4, -0.2) is 17.2 Å². The Bertz CT molecular complexity index is 375. The maximum atomic E-state index is 12.5. The van der Waals surface area contributed by atoms with Crippen molar-refractivity contribution in [2.75, 3.05) is 7.11 Å². The highest BCUT2D eigenvalue weighted by Crippen LogP contribution is 2.29. The lowest BCUT2D eigenvalue weighted by Gasteiger charge is -2.10. The van der Waals surface area contributed by atoms with Gasteiger partial charge in [-0.1, -0.05) is 0 Å². The van der Waals surface area contributed by atoms with Gasteiger partial charge in [0.1, 0.15) is 5.75 Å². The number of aromatic amines is 1. The van der Waals surface area contributed by atoms with E-state index in [0.29, 0.717) is 0 Å². The number of aromatic nitrogens is 1. The van der Waals surface area contributed by atoms with Crippen LogP contribution in [0, 0.1) is 0 Å². The zero-order valence-electron chi connectivity index (χ0n) is 7.38. The van der Waals surface area contributed by atoms with Crippen LogP contribution in [0.2, 0.25) is 0 Å². The van der Waals surface area contributed by atoms with E-state index in [1.807, 2.05) is 0 Å². The normalized spacial score (nSPS) is 10.6. The number of aliphatic hydroxyl groups excluding tert-OH is 1. The molecular weight excluding hydrogens is 196 g/mol. The van der Waals surface area contributed by atoms with Crippen LogP contribution < -0.4 is 10.3 Å². The molecule has 0 spiro atoms. The molecule has 78 valence electrons. The Balaban J connectivity index is 3.44. The number of alkyl halides is 2. The number of ether oxygens (including phenoxy) is 1. The van der Waals surface area contributed by atoms with E-state index in [9.17, 15) is 13.6 Å². The molecule has 1 heterocycles. The molecule has 0 radical (unpaired) electrons. The first kappa shape index (κ1) is 10.6. The van der Waals surface area contributed by atoms with Gasteiger partial charge in [0.2, 0.25) is 0 Å². The van der Waals surface area contributed by atoms with Crippen molar-refractivity contribution in [3.63, 3.8) is 0 Å². The molecule has 0 aliphatic heterocycles. The molecule has 0 unspecified atom stereocenters. The van der Waals surface area contributed by atoms with Crippen LogP contribution in [0.5, 0.6) is 5.75 Å². The van der Waals surface area contributed by atoms with Crippen molar-refractivity contribution in [1.82, 2.24) is 4.98 Å². The summed E-state index contributed by atoms with van der Waals surface area (Å²) in [5, 5.41) is 8.76. The number of H-pyrrole nitrogens is 1.